The Balaban J connectivity index is 2.19. The van der Waals surface area contributed by atoms with Crippen molar-refractivity contribution < 1.29 is 4.79 Å². The van der Waals surface area contributed by atoms with Crippen LogP contribution in [0.2, 0.25) is 0 Å². The first-order valence-electron chi connectivity index (χ1n) is 6.12. The van der Waals surface area contributed by atoms with Gasteiger partial charge in [-0.05, 0) is 52.2 Å². The van der Waals surface area contributed by atoms with Crippen molar-refractivity contribution in [2.45, 2.75) is 0 Å². The molecule has 0 saturated heterocycles. The van der Waals surface area contributed by atoms with Crippen molar-refractivity contribution in [2.75, 3.05) is 0 Å². The van der Waals surface area contributed by atoms with E-state index in [4.69, 9.17) is 0 Å². The highest BCUT2D eigenvalue weighted by atomic mass is 79.9. The molecule has 0 atom stereocenters. The summed E-state index contributed by atoms with van der Waals surface area (Å²) in [7, 11) is 0. The second-order valence-electron chi connectivity index (χ2n) is 4.56. The molecule has 0 N–H and O–H groups in total. The van der Waals surface area contributed by atoms with Crippen molar-refractivity contribution in [3.63, 3.8) is 0 Å². The van der Waals surface area contributed by atoms with Crippen molar-refractivity contribution >= 4 is 48.9 Å². The van der Waals surface area contributed by atoms with E-state index >= 15 is 0 Å². The standard InChI is InChI=1S/C17H10Br2O/c18-15-4-3-11-7-13(2-1-12(11)8-15)17-6-5-16(19)9-14(17)10-20/h1-10H. The molecule has 0 saturated carbocycles. The number of carbonyl (C=O) groups is 1. The van der Waals surface area contributed by atoms with Crippen LogP contribution in [0.15, 0.2) is 63.5 Å². The molecule has 20 heavy (non-hydrogen) atoms. The van der Waals surface area contributed by atoms with Crippen LogP contribution in [0.1, 0.15) is 10.4 Å². The molecule has 3 aromatic rings. The number of aldehydes is 1. The Morgan fingerprint density at radius 1 is 0.750 bits per heavy atom. The van der Waals surface area contributed by atoms with Gasteiger partial charge < -0.3 is 0 Å². The quantitative estimate of drug-likeness (QED) is 0.503. The van der Waals surface area contributed by atoms with Crippen LogP contribution >= 0.6 is 31.9 Å². The maximum absolute atomic E-state index is 11.2. The van der Waals surface area contributed by atoms with Crippen LogP contribution in [0.5, 0.6) is 0 Å². The molecule has 0 aliphatic heterocycles. The maximum Gasteiger partial charge on any atom is 0.150 e. The number of rotatable bonds is 2. The zero-order chi connectivity index (χ0) is 14.1. The van der Waals surface area contributed by atoms with Gasteiger partial charge in [-0.25, -0.2) is 0 Å². The molecule has 1 nitrogen and oxygen atoms in total. The zero-order valence-electron chi connectivity index (χ0n) is 10.4. The van der Waals surface area contributed by atoms with E-state index in [1.807, 2.05) is 30.3 Å². The smallest absolute Gasteiger partial charge is 0.150 e. The van der Waals surface area contributed by atoms with Crippen LogP contribution < -0.4 is 0 Å². The minimum atomic E-state index is 0.691. The van der Waals surface area contributed by atoms with Crippen molar-refractivity contribution in [3.05, 3.63) is 69.1 Å². The molecule has 0 heterocycles. The normalized spacial score (nSPS) is 10.7. The first kappa shape index (κ1) is 13.5. The van der Waals surface area contributed by atoms with Gasteiger partial charge in [0.15, 0.2) is 6.29 Å². The molecule has 3 heteroatoms. The van der Waals surface area contributed by atoms with Gasteiger partial charge in [0, 0.05) is 14.5 Å². The van der Waals surface area contributed by atoms with Gasteiger partial charge in [-0.1, -0.05) is 56.1 Å². The lowest BCUT2D eigenvalue weighted by atomic mass is 9.98. The Hall–Kier alpha value is -1.45. The fraction of sp³-hybridized carbons (Fsp3) is 0. The van der Waals surface area contributed by atoms with E-state index in [2.05, 4.69) is 56.1 Å². The van der Waals surface area contributed by atoms with E-state index in [0.29, 0.717) is 5.56 Å². The first-order chi connectivity index (χ1) is 9.67. The molecule has 0 unspecified atom stereocenters. The van der Waals surface area contributed by atoms with Crippen molar-refractivity contribution in [2.24, 2.45) is 0 Å². The molecule has 0 amide bonds. The van der Waals surface area contributed by atoms with Gasteiger partial charge in [0.2, 0.25) is 0 Å². The van der Waals surface area contributed by atoms with E-state index in [-0.39, 0.29) is 0 Å². The van der Waals surface area contributed by atoms with E-state index < -0.39 is 0 Å². The summed E-state index contributed by atoms with van der Waals surface area (Å²) < 4.78 is 1.98. The van der Waals surface area contributed by atoms with Crippen molar-refractivity contribution in [1.82, 2.24) is 0 Å². The van der Waals surface area contributed by atoms with E-state index in [1.54, 1.807) is 0 Å². The minimum Gasteiger partial charge on any atom is -0.298 e. The lowest BCUT2D eigenvalue weighted by Gasteiger charge is -2.07. The Kier molecular flexibility index (Phi) is 3.72. The van der Waals surface area contributed by atoms with E-state index in [0.717, 1.165) is 31.7 Å². The molecular formula is C17H10Br2O. The van der Waals surface area contributed by atoms with Crippen LogP contribution in [0.4, 0.5) is 0 Å². The van der Waals surface area contributed by atoms with Crippen molar-refractivity contribution in [1.29, 1.82) is 0 Å². The monoisotopic (exact) mass is 388 g/mol. The highest BCUT2D eigenvalue weighted by Gasteiger charge is 2.06. The lowest BCUT2D eigenvalue weighted by Crippen LogP contribution is -1.88. The third-order valence-electron chi connectivity index (χ3n) is 3.25. The van der Waals surface area contributed by atoms with Crippen molar-refractivity contribution in [3.8, 4) is 11.1 Å². The molecule has 0 fully saturated rings. The molecule has 3 rings (SSSR count). The number of hydrogen-bond acceptors (Lipinski definition) is 1. The van der Waals surface area contributed by atoms with Gasteiger partial charge in [-0.15, -0.1) is 0 Å². The number of fused-ring (bicyclic) bond motifs is 1. The fourth-order valence-corrected chi connectivity index (χ4v) is 3.04. The Bertz CT molecular complexity index is 809. The SMILES string of the molecule is O=Cc1cc(Br)ccc1-c1ccc2cc(Br)ccc2c1. The summed E-state index contributed by atoms with van der Waals surface area (Å²) in [6.07, 6.45) is 0.895. The van der Waals surface area contributed by atoms with Crippen LogP contribution in [0.3, 0.4) is 0 Å². The summed E-state index contributed by atoms with van der Waals surface area (Å²) in [5.74, 6) is 0. The number of halogens is 2. The van der Waals surface area contributed by atoms with Gasteiger partial charge in [0.1, 0.15) is 0 Å². The van der Waals surface area contributed by atoms with Gasteiger partial charge in [-0.2, -0.15) is 0 Å². The van der Waals surface area contributed by atoms with E-state index in [9.17, 15) is 4.79 Å². The molecule has 0 radical (unpaired) electrons. The summed E-state index contributed by atoms with van der Waals surface area (Å²) >= 11 is 6.87. The average molecular weight is 390 g/mol. The molecular weight excluding hydrogens is 380 g/mol. The number of carbonyl (C=O) groups excluding carboxylic acids is 1. The first-order valence-corrected chi connectivity index (χ1v) is 7.70. The third-order valence-corrected chi connectivity index (χ3v) is 4.24. The van der Waals surface area contributed by atoms with Crippen LogP contribution in [-0.4, -0.2) is 6.29 Å². The zero-order valence-corrected chi connectivity index (χ0v) is 13.6. The molecule has 0 aliphatic carbocycles. The summed E-state index contributed by atoms with van der Waals surface area (Å²) in [5.41, 5.74) is 2.69. The Labute approximate surface area is 133 Å². The second-order valence-corrected chi connectivity index (χ2v) is 6.39. The predicted octanol–water partition coefficient (Wildman–Crippen LogP) is 5.84. The van der Waals surface area contributed by atoms with Crippen LogP contribution in [0.25, 0.3) is 21.9 Å². The minimum absolute atomic E-state index is 0.691. The predicted molar refractivity (Wildman–Crippen MR) is 90.2 cm³/mol. The molecule has 3 aromatic carbocycles. The highest BCUT2D eigenvalue weighted by molar-refractivity contribution is 9.10. The topological polar surface area (TPSA) is 17.1 Å². The van der Waals surface area contributed by atoms with Gasteiger partial charge in [0.25, 0.3) is 0 Å². The highest BCUT2D eigenvalue weighted by Crippen LogP contribution is 2.29. The third kappa shape index (κ3) is 2.56. The molecule has 0 bridgehead atoms. The molecule has 98 valence electrons. The van der Waals surface area contributed by atoms with Crippen LogP contribution in [0, 0.1) is 0 Å². The lowest BCUT2D eigenvalue weighted by molar-refractivity contribution is 0.112. The Morgan fingerprint density at radius 2 is 1.40 bits per heavy atom. The van der Waals surface area contributed by atoms with E-state index in [1.165, 1.54) is 5.39 Å². The maximum atomic E-state index is 11.2. The largest absolute Gasteiger partial charge is 0.298 e. The average Bonchev–Trinajstić information content (AvgIpc) is 2.46. The number of hydrogen-bond donors (Lipinski definition) is 0. The van der Waals surface area contributed by atoms with Crippen LogP contribution in [-0.2, 0) is 0 Å². The fourth-order valence-electron chi connectivity index (χ4n) is 2.28. The Morgan fingerprint density at radius 3 is 2.20 bits per heavy atom. The summed E-state index contributed by atoms with van der Waals surface area (Å²) in [4.78, 5) is 11.2. The summed E-state index contributed by atoms with van der Waals surface area (Å²) in [6.45, 7) is 0. The summed E-state index contributed by atoms with van der Waals surface area (Å²) in [5, 5.41) is 2.33. The van der Waals surface area contributed by atoms with Gasteiger partial charge in [-0.3, -0.25) is 4.79 Å². The summed E-state index contributed by atoms with van der Waals surface area (Å²) in [6, 6.07) is 18.2. The number of benzene rings is 3. The molecule has 0 aliphatic rings. The van der Waals surface area contributed by atoms with Gasteiger partial charge in [0.05, 0.1) is 0 Å². The molecule has 0 spiro atoms. The van der Waals surface area contributed by atoms with Gasteiger partial charge >= 0.3 is 0 Å². The second kappa shape index (κ2) is 5.51. The molecule has 0 aromatic heterocycles.